The first-order valence-corrected chi connectivity index (χ1v) is 7.43. The predicted octanol–water partition coefficient (Wildman–Crippen LogP) is 2.00. The molecule has 0 radical (unpaired) electrons. The summed E-state index contributed by atoms with van der Waals surface area (Å²) in [6.45, 7) is 4.51. The first kappa shape index (κ1) is 18.1. The van der Waals surface area contributed by atoms with Gasteiger partial charge < -0.3 is 15.5 Å². The standard InChI is InChI=1S/C16H24FN3O2/c1-12(2)20(16(22)5-4-10-18-3)11-15(21)19-14-8-6-13(17)7-9-14/h6-9,12,18H,4-5,10-11H2,1-3H3,(H,19,21). The van der Waals surface area contributed by atoms with Crippen molar-refractivity contribution in [3.63, 3.8) is 0 Å². The summed E-state index contributed by atoms with van der Waals surface area (Å²) in [5.41, 5.74) is 0.512. The molecule has 0 saturated carbocycles. The van der Waals surface area contributed by atoms with Gasteiger partial charge in [-0.15, -0.1) is 0 Å². The van der Waals surface area contributed by atoms with Gasteiger partial charge >= 0.3 is 0 Å². The number of nitrogens with one attached hydrogen (secondary N) is 2. The SMILES string of the molecule is CNCCCC(=O)N(CC(=O)Nc1ccc(F)cc1)C(C)C. The van der Waals surface area contributed by atoms with Gasteiger partial charge in [0, 0.05) is 18.2 Å². The van der Waals surface area contributed by atoms with E-state index in [2.05, 4.69) is 10.6 Å². The number of rotatable bonds is 8. The molecule has 0 heterocycles. The Morgan fingerprint density at radius 1 is 1.23 bits per heavy atom. The maximum atomic E-state index is 12.8. The summed E-state index contributed by atoms with van der Waals surface area (Å²) >= 11 is 0. The van der Waals surface area contributed by atoms with Crippen molar-refractivity contribution in [1.29, 1.82) is 0 Å². The molecule has 0 aliphatic carbocycles. The highest BCUT2D eigenvalue weighted by molar-refractivity contribution is 5.94. The summed E-state index contributed by atoms with van der Waals surface area (Å²) in [4.78, 5) is 25.7. The van der Waals surface area contributed by atoms with Gasteiger partial charge in [0.2, 0.25) is 11.8 Å². The molecule has 0 aromatic heterocycles. The van der Waals surface area contributed by atoms with Crippen molar-refractivity contribution in [2.24, 2.45) is 0 Å². The Morgan fingerprint density at radius 3 is 2.41 bits per heavy atom. The highest BCUT2D eigenvalue weighted by atomic mass is 19.1. The molecule has 1 aromatic rings. The van der Waals surface area contributed by atoms with Gasteiger partial charge in [0.05, 0.1) is 0 Å². The van der Waals surface area contributed by atoms with Gasteiger partial charge in [-0.3, -0.25) is 9.59 Å². The second-order valence-electron chi connectivity index (χ2n) is 5.38. The Kier molecular flexibility index (Phi) is 7.52. The fourth-order valence-corrected chi connectivity index (χ4v) is 2.01. The van der Waals surface area contributed by atoms with E-state index < -0.39 is 0 Å². The van der Waals surface area contributed by atoms with Crippen molar-refractivity contribution in [2.45, 2.75) is 32.7 Å². The number of amides is 2. The molecule has 0 aliphatic rings. The largest absolute Gasteiger partial charge is 0.331 e. The minimum Gasteiger partial charge on any atom is -0.331 e. The van der Waals surface area contributed by atoms with E-state index in [4.69, 9.17) is 0 Å². The maximum Gasteiger partial charge on any atom is 0.244 e. The zero-order valence-corrected chi connectivity index (χ0v) is 13.4. The minimum absolute atomic E-state index is 0.00652. The number of nitrogens with zero attached hydrogens (tertiary/aromatic N) is 1. The fourth-order valence-electron chi connectivity index (χ4n) is 2.01. The zero-order chi connectivity index (χ0) is 16.5. The fraction of sp³-hybridized carbons (Fsp3) is 0.500. The number of hydrogen-bond acceptors (Lipinski definition) is 3. The van der Waals surface area contributed by atoms with Crippen LogP contribution in [0.3, 0.4) is 0 Å². The zero-order valence-electron chi connectivity index (χ0n) is 13.4. The molecule has 2 N–H and O–H groups in total. The molecule has 6 heteroatoms. The molecule has 22 heavy (non-hydrogen) atoms. The highest BCUT2D eigenvalue weighted by Crippen LogP contribution is 2.09. The molecule has 1 aromatic carbocycles. The topological polar surface area (TPSA) is 61.4 Å². The molecule has 0 atom stereocenters. The summed E-state index contributed by atoms with van der Waals surface area (Å²) in [5.74, 6) is -0.691. The maximum absolute atomic E-state index is 12.8. The van der Waals surface area contributed by atoms with Crippen LogP contribution < -0.4 is 10.6 Å². The van der Waals surface area contributed by atoms with Crippen LogP contribution in [0.4, 0.5) is 10.1 Å². The monoisotopic (exact) mass is 309 g/mol. The van der Waals surface area contributed by atoms with Crippen LogP contribution in [0, 0.1) is 5.82 Å². The van der Waals surface area contributed by atoms with E-state index >= 15 is 0 Å². The Morgan fingerprint density at radius 2 is 1.86 bits per heavy atom. The smallest absolute Gasteiger partial charge is 0.244 e. The third-order valence-corrected chi connectivity index (χ3v) is 3.20. The van der Waals surface area contributed by atoms with Crippen LogP contribution in [0.15, 0.2) is 24.3 Å². The van der Waals surface area contributed by atoms with Gasteiger partial charge in [-0.1, -0.05) is 0 Å². The molecule has 0 fully saturated rings. The van der Waals surface area contributed by atoms with E-state index in [0.717, 1.165) is 13.0 Å². The molecule has 0 saturated heterocycles. The summed E-state index contributed by atoms with van der Waals surface area (Å²) in [6.07, 6.45) is 1.14. The van der Waals surface area contributed by atoms with Crippen molar-refractivity contribution in [3.8, 4) is 0 Å². The number of halogens is 1. The number of benzene rings is 1. The molecule has 0 spiro atoms. The van der Waals surface area contributed by atoms with Crippen LogP contribution in [-0.4, -0.2) is 42.9 Å². The number of carbonyl (C=O) groups is 2. The van der Waals surface area contributed by atoms with E-state index in [9.17, 15) is 14.0 Å². The van der Waals surface area contributed by atoms with Crippen LogP contribution in [0.1, 0.15) is 26.7 Å². The van der Waals surface area contributed by atoms with Crippen LogP contribution in [0.25, 0.3) is 0 Å². The quantitative estimate of drug-likeness (QED) is 0.722. The van der Waals surface area contributed by atoms with Crippen LogP contribution in [0.2, 0.25) is 0 Å². The number of hydrogen-bond donors (Lipinski definition) is 2. The van der Waals surface area contributed by atoms with Crippen LogP contribution in [-0.2, 0) is 9.59 Å². The molecule has 0 unspecified atom stereocenters. The van der Waals surface area contributed by atoms with Crippen LogP contribution in [0.5, 0.6) is 0 Å². The van der Waals surface area contributed by atoms with Crippen molar-refractivity contribution in [3.05, 3.63) is 30.1 Å². The molecule has 122 valence electrons. The summed E-state index contributed by atoms with van der Waals surface area (Å²) in [7, 11) is 1.83. The number of anilines is 1. The first-order valence-electron chi connectivity index (χ1n) is 7.43. The summed E-state index contributed by atoms with van der Waals surface area (Å²) in [6, 6.07) is 5.47. The van der Waals surface area contributed by atoms with E-state index in [-0.39, 0.29) is 30.2 Å². The lowest BCUT2D eigenvalue weighted by atomic mass is 10.2. The van der Waals surface area contributed by atoms with Crippen molar-refractivity contribution < 1.29 is 14.0 Å². The number of carbonyl (C=O) groups excluding carboxylic acids is 2. The van der Waals surface area contributed by atoms with E-state index in [0.29, 0.717) is 12.1 Å². The highest BCUT2D eigenvalue weighted by Gasteiger charge is 2.19. The molecule has 0 bridgehead atoms. The van der Waals surface area contributed by atoms with E-state index in [1.807, 2.05) is 20.9 Å². The van der Waals surface area contributed by atoms with Crippen molar-refractivity contribution in [1.82, 2.24) is 10.2 Å². The Labute approximate surface area is 130 Å². The van der Waals surface area contributed by atoms with Gasteiger partial charge in [-0.05, 0) is 58.1 Å². The molecular formula is C16H24FN3O2. The molecular weight excluding hydrogens is 285 g/mol. The molecule has 5 nitrogen and oxygen atoms in total. The van der Waals surface area contributed by atoms with E-state index in [1.165, 1.54) is 24.3 Å². The van der Waals surface area contributed by atoms with Gasteiger partial charge in [0.15, 0.2) is 0 Å². The summed E-state index contributed by atoms with van der Waals surface area (Å²) in [5, 5.41) is 5.65. The molecule has 1 rings (SSSR count). The van der Waals surface area contributed by atoms with Gasteiger partial charge in [0.25, 0.3) is 0 Å². The Bertz CT molecular complexity index is 489. The second-order valence-corrected chi connectivity index (χ2v) is 5.38. The van der Waals surface area contributed by atoms with Gasteiger partial charge in [-0.2, -0.15) is 0 Å². The third-order valence-electron chi connectivity index (χ3n) is 3.20. The first-order chi connectivity index (χ1) is 10.4. The second kappa shape index (κ2) is 9.15. The summed E-state index contributed by atoms with van der Waals surface area (Å²) < 4.78 is 12.8. The van der Waals surface area contributed by atoms with Crippen molar-refractivity contribution in [2.75, 3.05) is 25.5 Å². The van der Waals surface area contributed by atoms with Crippen LogP contribution >= 0.6 is 0 Å². The normalized spacial score (nSPS) is 10.6. The van der Waals surface area contributed by atoms with E-state index in [1.54, 1.807) is 4.90 Å². The van der Waals surface area contributed by atoms with Gasteiger partial charge in [0.1, 0.15) is 12.4 Å². The molecule has 0 aliphatic heterocycles. The average Bonchev–Trinajstić information content (AvgIpc) is 2.47. The minimum atomic E-state index is -0.360. The van der Waals surface area contributed by atoms with Crippen molar-refractivity contribution >= 4 is 17.5 Å². The average molecular weight is 309 g/mol. The third kappa shape index (κ3) is 6.22. The lowest BCUT2D eigenvalue weighted by molar-refractivity contribution is -0.136. The Hall–Kier alpha value is -1.95. The molecule has 2 amide bonds. The Balaban J connectivity index is 2.56. The predicted molar refractivity (Wildman–Crippen MR) is 85.0 cm³/mol. The lowest BCUT2D eigenvalue weighted by Crippen LogP contribution is -2.42. The lowest BCUT2D eigenvalue weighted by Gasteiger charge is -2.26. The van der Waals surface area contributed by atoms with Gasteiger partial charge in [-0.25, -0.2) is 4.39 Å².